The summed E-state index contributed by atoms with van der Waals surface area (Å²) in [6.45, 7) is 0. The minimum absolute atomic E-state index is 0.0307. The van der Waals surface area contributed by atoms with Gasteiger partial charge in [0, 0.05) is 35.1 Å². The maximum Gasteiger partial charge on any atom is 0.139 e. The minimum atomic E-state index is -0.252. The van der Waals surface area contributed by atoms with Crippen molar-refractivity contribution in [3.63, 3.8) is 0 Å². The molecule has 0 aromatic heterocycles. The maximum atomic E-state index is 10.0. The van der Waals surface area contributed by atoms with Crippen molar-refractivity contribution in [1.29, 1.82) is 0 Å². The van der Waals surface area contributed by atoms with E-state index in [-0.39, 0.29) is 118 Å². The molecule has 4 aromatic carbocycles. The van der Waals surface area contributed by atoms with E-state index in [9.17, 15) is 20.4 Å². The Kier molecular flexibility index (Phi) is 12.7. The molecule has 0 spiro atoms. The average molecular weight is 814 g/mol. The third-order valence-electron chi connectivity index (χ3n) is 5.67. The molecule has 0 radical (unpaired) electrons. The summed E-state index contributed by atoms with van der Waals surface area (Å²) in [5.41, 5.74) is 0.851. The molecular weight excluding hydrogens is 802 g/mol. The first-order valence-corrected chi connectivity index (χ1v) is 15.4. The zero-order valence-corrected chi connectivity index (χ0v) is 29.1. The summed E-state index contributed by atoms with van der Waals surface area (Å²) in [5, 5.41) is 41.3. The summed E-state index contributed by atoms with van der Waals surface area (Å²) in [6, 6.07) is 5.26. The molecule has 4 nitrogen and oxygen atoms in total. The summed E-state index contributed by atoms with van der Waals surface area (Å²) in [4.78, 5) is 0. The molecule has 0 saturated heterocycles. The predicted molar refractivity (Wildman–Crippen MR) is 178 cm³/mol. The van der Waals surface area contributed by atoms with Crippen LogP contribution in [0.5, 0.6) is 23.0 Å². The highest BCUT2D eigenvalue weighted by Gasteiger charge is 2.22. The molecule has 0 aliphatic carbocycles. The van der Waals surface area contributed by atoms with Crippen molar-refractivity contribution in [1.82, 2.24) is 0 Å². The van der Waals surface area contributed by atoms with Crippen LogP contribution in [0.15, 0.2) is 24.3 Å². The third kappa shape index (κ3) is 7.67. The first kappa shape index (κ1) is 36.0. The second-order valence-corrected chi connectivity index (χ2v) is 13.0. The Hall–Kier alpha value is -0.440. The van der Waals surface area contributed by atoms with Gasteiger partial charge < -0.3 is 20.4 Å². The topological polar surface area (TPSA) is 80.9 Å². The van der Waals surface area contributed by atoms with Crippen LogP contribution < -0.4 is 0 Å². The summed E-state index contributed by atoms with van der Waals surface area (Å²) >= 11 is 71.4. The summed E-state index contributed by atoms with van der Waals surface area (Å²) < 4.78 is 0. The van der Waals surface area contributed by atoms with Crippen molar-refractivity contribution >= 4 is 139 Å². The van der Waals surface area contributed by atoms with Gasteiger partial charge in [0.1, 0.15) is 23.0 Å². The molecule has 0 fully saturated rings. The summed E-state index contributed by atoms with van der Waals surface area (Å²) in [6.07, 6.45) is -0.0915. The standard InChI is InChI=1S/2C13H6Cl6O2/c2*14-6-2-8(16)12(20)4(10(6)18)1-5-11(19)7(15)3-9(17)13(5)21/h2*2-3,20-21H,1H2. The molecule has 16 heteroatoms. The number of rotatable bonds is 4. The number of benzene rings is 4. The largest absolute Gasteiger partial charge is 0.506 e. The molecule has 0 unspecified atom stereocenters. The van der Waals surface area contributed by atoms with Crippen molar-refractivity contribution in [3.05, 3.63) is 107 Å². The molecule has 0 aliphatic heterocycles. The first-order valence-electron chi connectivity index (χ1n) is 10.9. The smallest absolute Gasteiger partial charge is 0.139 e. The van der Waals surface area contributed by atoms with Gasteiger partial charge in [-0.05, 0) is 24.3 Å². The van der Waals surface area contributed by atoms with Crippen LogP contribution in [0, 0.1) is 0 Å². The van der Waals surface area contributed by atoms with Crippen LogP contribution in [0.1, 0.15) is 22.3 Å². The van der Waals surface area contributed by atoms with Gasteiger partial charge in [0.05, 0.1) is 60.3 Å². The van der Waals surface area contributed by atoms with Crippen LogP contribution >= 0.6 is 139 Å². The van der Waals surface area contributed by atoms with E-state index in [4.69, 9.17) is 139 Å². The third-order valence-corrected chi connectivity index (χ3v) is 10.1. The van der Waals surface area contributed by atoms with E-state index in [1.807, 2.05) is 0 Å². The van der Waals surface area contributed by atoms with Crippen molar-refractivity contribution in [2.45, 2.75) is 12.8 Å². The first-order chi connectivity index (χ1) is 19.5. The van der Waals surface area contributed by atoms with Gasteiger partial charge in [-0.1, -0.05) is 139 Å². The fraction of sp³-hybridized carbons (Fsp3) is 0.0769. The molecule has 4 aromatic rings. The summed E-state index contributed by atoms with van der Waals surface area (Å²) in [7, 11) is 0. The molecular formula is C26H12Cl12O4. The molecule has 42 heavy (non-hydrogen) atoms. The second kappa shape index (κ2) is 14.8. The lowest BCUT2D eigenvalue weighted by atomic mass is 10.0. The minimum Gasteiger partial charge on any atom is -0.506 e. The normalized spacial score (nSPS) is 11.0. The molecule has 0 amide bonds. The molecule has 0 atom stereocenters. The lowest BCUT2D eigenvalue weighted by Gasteiger charge is -2.14. The fourth-order valence-electron chi connectivity index (χ4n) is 3.54. The number of phenols is 4. The monoisotopic (exact) mass is 808 g/mol. The van der Waals surface area contributed by atoms with Crippen molar-refractivity contribution < 1.29 is 20.4 Å². The highest BCUT2D eigenvalue weighted by atomic mass is 35.5. The summed E-state index contributed by atoms with van der Waals surface area (Å²) in [5.74, 6) is -1.01. The van der Waals surface area contributed by atoms with Crippen LogP contribution in [-0.4, -0.2) is 20.4 Å². The van der Waals surface area contributed by atoms with E-state index in [0.717, 1.165) is 0 Å². The number of hydrogen-bond donors (Lipinski definition) is 4. The zero-order chi connectivity index (χ0) is 31.8. The van der Waals surface area contributed by atoms with Gasteiger partial charge in [0.15, 0.2) is 0 Å². The Morgan fingerprint density at radius 3 is 0.643 bits per heavy atom. The van der Waals surface area contributed by atoms with Crippen LogP contribution in [0.3, 0.4) is 0 Å². The molecule has 4 rings (SSSR count). The molecule has 4 N–H and O–H groups in total. The lowest BCUT2D eigenvalue weighted by Crippen LogP contribution is -1.95. The van der Waals surface area contributed by atoms with Gasteiger partial charge in [-0.25, -0.2) is 0 Å². The van der Waals surface area contributed by atoms with Crippen molar-refractivity contribution in [2.24, 2.45) is 0 Å². The molecule has 0 saturated carbocycles. The Morgan fingerprint density at radius 1 is 0.310 bits per heavy atom. The molecule has 0 aliphatic rings. The van der Waals surface area contributed by atoms with Gasteiger partial charge in [-0.15, -0.1) is 0 Å². The Morgan fingerprint density at radius 2 is 0.476 bits per heavy atom. The molecule has 0 heterocycles. The van der Waals surface area contributed by atoms with Gasteiger partial charge in [-0.3, -0.25) is 0 Å². The molecule has 224 valence electrons. The highest BCUT2D eigenvalue weighted by molar-refractivity contribution is 6.46. The van der Waals surface area contributed by atoms with Gasteiger partial charge in [0.25, 0.3) is 0 Å². The average Bonchev–Trinajstić information content (AvgIpc) is 2.92. The number of hydrogen-bond acceptors (Lipinski definition) is 4. The van der Waals surface area contributed by atoms with E-state index in [1.165, 1.54) is 24.3 Å². The number of aromatic hydroxyl groups is 4. The van der Waals surface area contributed by atoms with Gasteiger partial charge in [0.2, 0.25) is 0 Å². The van der Waals surface area contributed by atoms with Crippen molar-refractivity contribution in [3.8, 4) is 23.0 Å². The molecule has 0 bridgehead atoms. The second-order valence-electron chi connectivity index (χ2n) is 8.28. The lowest BCUT2D eigenvalue weighted by molar-refractivity contribution is 0.462. The quantitative estimate of drug-likeness (QED) is 0.155. The van der Waals surface area contributed by atoms with Gasteiger partial charge in [-0.2, -0.15) is 0 Å². The fourth-order valence-corrected chi connectivity index (χ4v) is 6.39. The van der Waals surface area contributed by atoms with Crippen LogP contribution in [0.2, 0.25) is 60.3 Å². The van der Waals surface area contributed by atoms with E-state index in [0.29, 0.717) is 0 Å². The van der Waals surface area contributed by atoms with E-state index < -0.39 is 0 Å². The Labute approximate surface area is 299 Å². The van der Waals surface area contributed by atoms with E-state index in [2.05, 4.69) is 0 Å². The number of phenolic OH excluding ortho intramolecular Hbond substituents is 4. The van der Waals surface area contributed by atoms with E-state index in [1.54, 1.807) is 0 Å². The SMILES string of the molecule is Oc1c(Cl)cc(Cl)c(Cl)c1Cc1c(O)c(Cl)cc(Cl)c1Cl.Oc1c(Cl)cc(Cl)c(Cl)c1Cc1c(O)c(Cl)cc(Cl)c1Cl. The highest BCUT2D eigenvalue weighted by Crippen LogP contribution is 2.46. The van der Waals surface area contributed by atoms with Crippen LogP contribution in [-0.2, 0) is 12.8 Å². The van der Waals surface area contributed by atoms with Crippen LogP contribution in [0.4, 0.5) is 0 Å². The van der Waals surface area contributed by atoms with Crippen LogP contribution in [0.25, 0.3) is 0 Å². The van der Waals surface area contributed by atoms with Gasteiger partial charge >= 0.3 is 0 Å². The number of halogens is 12. The van der Waals surface area contributed by atoms with E-state index >= 15 is 0 Å². The predicted octanol–water partition coefficient (Wildman–Crippen LogP) is 13.2. The Bertz CT molecular complexity index is 1360. The van der Waals surface area contributed by atoms with Crippen molar-refractivity contribution in [2.75, 3.05) is 0 Å². The Balaban J connectivity index is 0.000000230. The zero-order valence-electron chi connectivity index (χ0n) is 20.0. The maximum absolute atomic E-state index is 10.0.